The van der Waals surface area contributed by atoms with Crippen molar-refractivity contribution < 1.29 is 0 Å². The Bertz CT molecular complexity index is 3820. The van der Waals surface area contributed by atoms with Crippen LogP contribution in [-0.2, 0) is 5.41 Å². The zero-order chi connectivity index (χ0) is 45.7. The summed E-state index contributed by atoms with van der Waals surface area (Å²) < 4.78 is 0. The molecule has 0 fully saturated rings. The van der Waals surface area contributed by atoms with Gasteiger partial charge in [0.25, 0.3) is 0 Å². The van der Waals surface area contributed by atoms with E-state index in [2.05, 4.69) is 261 Å². The highest BCUT2D eigenvalue weighted by Crippen LogP contribution is 2.60. The van der Waals surface area contributed by atoms with E-state index in [0.717, 1.165) is 61.1 Å². The third-order valence-corrected chi connectivity index (χ3v) is 14.2. The summed E-state index contributed by atoms with van der Waals surface area (Å²) in [5.41, 5.74) is 19.1. The molecule has 2 nitrogen and oxygen atoms in total. The van der Waals surface area contributed by atoms with Crippen molar-refractivity contribution >= 4 is 21.5 Å². The predicted molar refractivity (Wildman–Crippen MR) is 287 cm³/mol. The maximum absolute atomic E-state index is 5.38. The summed E-state index contributed by atoms with van der Waals surface area (Å²) in [5.74, 6) is 0.695. The lowest BCUT2D eigenvalue weighted by Gasteiger charge is -2.34. The van der Waals surface area contributed by atoms with Crippen molar-refractivity contribution in [3.05, 3.63) is 289 Å². The van der Waals surface area contributed by atoms with Crippen LogP contribution in [0, 0.1) is 0 Å². The first-order valence-corrected chi connectivity index (χ1v) is 23.7. The monoisotopic (exact) mass is 876 g/mol. The summed E-state index contributed by atoms with van der Waals surface area (Å²) in [6, 6.07) is 96.6. The predicted octanol–water partition coefficient (Wildman–Crippen LogP) is 17.1. The van der Waals surface area contributed by atoms with Crippen LogP contribution in [0.4, 0.5) is 0 Å². The molecule has 11 aromatic carbocycles. The molecule has 0 saturated heterocycles. The summed E-state index contributed by atoms with van der Waals surface area (Å²) >= 11 is 0. The Morgan fingerprint density at radius 1 is 0.261 bits per heavy atom. The number of hydrogen-bond acceptors (Lipinski definition) is 2. The fourth-order valence-electron chi connectivity index (χ4n) is 11.2. The van der Waals surface area contributed by atoms with Crippen molar-refractivity contribution in [3.63, 3.8) is 0 Å². The van der Waals surface area contributed by atoms with E-state index in [1.165, 1.54) is 55.3 Å². The molecule has 1 heterocycles. The van der Waals surface area contributed by atoms with Crippen LogP contribution in [0.5, 0.6) is 0 Å². The lowest BCUT2D eigenvalue weighted by Crippen LogP contribution is -2.28. The first-order valence-electron chi connectivity index (χ1n) is 23.7. The molecule has 13 rings (SSSR count). The zero-order valence-electron chi connectivity index (χ0n) is 37.8. The Kier molecular flexibility index (Phi) is 9.77. The van der Waals surface area contributed by atoms with Gasteiger partial charge in [-0.1, -0.05) is 255 Å². The number of nitrogens with zero attached hydrogens (tertiary/aromatic N) is 2. The zero-order valence-corrected chi connectivity index (χ0v) is 37.8. The van der Waals surface area contributed by atoms with Crippen LogP contribution in [0.3, 0.4) is 0 Å². The van der Waals surface area contributed by atoms with Crippen molar-refractivity contribution in [3.8, 4) is 78.4 Å². The largest absolute Gasteiger partial charge is 0.228 e. The van der Waals surface area contributed by atoms with E-state index in [1.54, 1.807) is 0 Å². The molecule has 1 aliphatic carbocycles. The fourth-order valence-corrected chi connectivity index (χ4v) is 11.2. The lowest BCUT2D eigenvalue weighted by atomic mass is 9.67. The average Bonchev–Trinajstić information content (AvgIpc) is 3.75. The molecule has 12 aromatic rings. The molecule has 0 unspecified atom stereocenters. The minimum absolute atomic E-state index is 0.496. The van der Waals surface area contributed by atoms with Gasteiger partial charge in [-0.05, 0) is 100 Å². The molecule has 2 heteroatoms. The molecule has 69 heavy (non-hydrogen) atoms. The Morgan fingerprint density at radius 3 is 1.42 bits per heavy atom. The van der Waals surface area contributed by atoms with Crippen molar-refractivity contribution in [1.29, 1.82) is 0 Å². The van der Waals surface area contributed by atoms with E-state index >= 15 is 0 Å². The summed E-state index contributed by atoms with van der Waals surface area (Å²) in [4.78, 5) is 10.7. The Balaban J connectivity index is 0.951. The average molecular weight is 877 g/mol. The number of aromatic nitrogens is 2. The molecule has 0 saturated carbocycles. The molecule has 1 aromatic heterocycles. The molecule has 0 bridgehead atoms. The third kappa shape index (κ3) is 6.64. The van der Waals surface area contributed by atoms with E-state index in [-0.39, 0.29) is 0 Å². The highest BCUT2D eigenvalue weighted by atomic mass is 14.9. The van der Waals surface area contributed by atoms with Crippen LogP contribution in [0.1, 0.15) is 22.3 Å². The van der Waals surface area contributed by atoms with Gasteiger partial charge in [0.05, 0.1) is 16.8 Å². The van der Waals surface area contributed by atoms with E-state index in [1.807, 2.05) is 6.07 Å². The number of fused-ring (bicyclic) bond motifs is 6. The molecule has 0 amide bonds. The van der Waals surface area contributed by atoms with Gasteiger partial charge < -0.3 is 0 Å². The topological polar surface area (TPSA) is 25.8 Å². The second-order valence-corrected chi connectivity index (χ2v) is 17.9. The summed E-state index contributed by atoms with van der Waals surface area (Å²) in [6.07, 6.45) is 0. The van der Waals surface area contributed by atoms with Crippen molar-refractivity contribution in [2.75, 3.05) is 0 Å². The van der Waals surface area contributed by atoms with E-state index in [0.29, 0.717) is 5.82 Å². The fraction of sp³-hybridized carbons (Fsp3) is 0.0149. The maximum Gasteiger partial charge on any atom is 0.161 e. The van der Waals surface area contributed by atoms with Gasteiger partial charge >= 0.3 is 0 Å². The van der Waals surface area contributed by atoms with Gasteiger partial charge in [-0.15, -0.1) is 0 Å². The van der Waals surface area contributed by atoms with E-state index < -0.39 is 5.41 Å². The van der Waals surface area contributed by atoms with E-state index in [4.69, 9.17) is 9.97 Å². The van der Waals surface area contributed by atoms with Crippen LogP contribution >= 0.6 is 0 Å². The Hall–Kier alpha value is -8.98. The van der Waals surface area contributed by atoms with Crippen molar-refractivity contribution in [2.45, 2.75) is 5.41 Å². The second kappa shape index (κ2) is 16.7. The van der Waals surface area contributed by atoms with Crippen LogP contribution in [0.2, 0.25) is 0 Å². The third-order valence-electron chi connectivity index (χ3n) is 14.2. The SMILES string of the molecule is c1ccc(-c2cc(-c3ccccc3-c3ccccc3)nc(-c3ccc(-c4ccc(-c5cccc6c5-c5c(ccc7ccccc57)C6(c5ccccc5)c5ccccc5)cc4)c4ccccc34)n2)cc1. The molecular weight excluding hydrogens is 833 g/mol. The highest BCUT2D eigenvalue weighted by Gasteiger charge is 2.47. The van der Waals surface area contributed by atoms with Crippen LogP contribution in [0.15, 0.2) is 267 Å². The molecular formula is C67H44N2. The molecule has 0 aliphatic heterocycles. The summed E-state index contributed by atoms with van der Waals surface area (Å²) in [5, 5.41) is 4.77. The summed E-state index contributed by atoms with van der Waals surface area (Å²) in [6.45, 7) is 0. The van der Waals surface area contributed by atoms with Gasteiger partial charge in [0, 0.05) is 16.7 Å². The molecule has 0 atom stereocenters. The number of rotatable bonds is 8. The maximum atomic E-state index is 5.38. The van der Waals surface area contributed by atoms with Gasteiger partial charge in [0.2, 0.25) is 0 Å². The van der Waals surface area contributed by atoms with Crippen molar-refractivity contribution in [1.82, 2.24) is 9.97 Å². The van der Waals surface area contributed by atoms with Gasteiger partial charge in [-0.2, -0.15) is 0 Å². The Labute approximate surface area is 402 Å². The number of benzene rings is 11. The summed E-state index contributed by atoms with van der Waals surface area (Å²) in [7, 11) is 0. The standard InChI is InChI=1S/C67H44N2/c1-5-20-45(21-6-1)52-29-15-18-33-58(52)63-44-62(49-23-7-2-8-24-49)68-66(69-63)59-42-41-53(56-31-16-17-32-57(56)59)47-36-38-48(39-37-47)55-34-19-35-60-64(55)65-54-30-14-13-22-46(54)40-43-61(65)67(60,50-25-9-3-10-26-50)51-27-11-4-12-28-51/h1-44H. The first-order chi connectivity index (χ1) is 34.2. The highest BCUT2D eigenvalue weighted by molar-refractivity contribution is 6.09. The van der Waals surface area contributed by atoms with Crippen LogP contribution in [0.25, 0.3) is 100.0 Å². The first kappa shape index (κ1) is 40.3. The lowest BCUT2D eigenvalue weighted by molar-refractivity contribution is 0.769. The van der Waals surface area contributed by atoms with Gasteiger partial charge in [-0.3, -0.25) is 0 Å². The van der Waals surface area contributed by atoms with Gasteiger partial charge in [0.15, 0.2) is 5.82 Å². The van der Waals surface area contributed by atoms with Gasteiger partial charge in [0.1, 0.15) is 0 Å². The molecule has 0 spiro atoms. The molecule has 1 aliphatic rings. The molecule has 0 N–H and O–H groups in total. The van der Waals surface area contributed by atoms with Crippen LogP contribution < -0.4 is 0 Å². The second-order valence-electron chi connectivity index (χ2n) is 17.9. The minimum atomic E-state index is -0.496. The van der Waals surface area contributed by atoms with Crippen molar-refractivity contribution in [2.24, 2.45) is 0 Å². The quantitative estimate of drug-likeness (QED) is 0.152. The minimum Gasteiger partial charge on any atom is -0.228 e. The van der Waals surface area contributed by atoms with E-state index in [9.17, 15) is 0 Å². The normalized spacial score (nSPS) is 12.5. The smallest absolute Gasteiger partial charge is 0.161 e. The number of hydrogen-bond donors (Lipinski definition) is 0. The van der Waals surface area contributed by atoms with Crippen LogP contribution in [-0.4, -0.2) is 9.97 Å². The Morgan fingerprint density at radius 2 is 0.739 bits per heavy atom. The van der Waals surface area contributed by atoms with Gasteiger partial charge in [-0.25, -0.2) is 9.97 Å². The molecule has 0 radical (unpaired) electrons. The molecule has 322 valence electrons.